The first kappa shape index (κ1) is 18.5. The number of nitrogens with zero attached hydrogens (tertiary/aromatic N) is 4. The predicted octanol–water partition coefficient (Wildman–Crippen LogP) is 3.14. The molecule has 0 unspecified atom stereocenters. The molecule has 0 bridgehead atoms. The summed E-state index contributed by atoms with van der Waals surface area (Å²) < 4.78 is 47.3. The van der Waals surface area contributed by atoms with Crippen LogP contribution in [0.15, 0.2) is 30.7 Å². The molecule has 0 radical (unpaired) electrons. The second-order valence-corrected chi connectivity index (χ2v) is 7.18. The highest BCUT2D eigenvalue weighted by Crippen LogP contribution is 2.40. The maximum atomic E-state index is 13.6. The number of aliphatic hydroxyl groups is 1. The molecule has 7 nitrogen and oxygen atoms in total. The Morgan fingerprint density at radius 1 is 1.29 bits per heavy atom. The maximum Gasteiger partial charge on any atom is 0.417 e. The van der Waals surface area contributed by atoms with Gasteiger partial charge in [-0.15, -0.1) is 10.2 Å². The van der Waals surface area contributed by atoms with E-state index in [1.54, 1.807) is 11.3 Å². The lowest BCUT2D eigenvalue weighted by Gasteiger charge is -2.41. The summed E-state index contributed by atoms with van der Waals surface area (Å²) in [6.45, 7) is 1.75. The molecule has 0 spiro atoms. The van der Waals surface area contributed by atoms with Gasteiger partial charge in [0.1, 0.15) is 17.8 Å². The van der Waals surface area contributed by atoms with Crippen LogP contribution in [0.5, 0.6) is 5.75 Å². The zero-order chi connectivity index (χ0) is 20.1. The van der Waals surface area contributed by atoms with Crippen molar-refractivity contribution in [3.05, 3.63) is 36.3 Å². The summed E-state index contributed by atoms with van der Waals surface area (Å²) in [5.74, 6) is 0.461. The lowest BCUT2D eigenvalue weighted by molar-refractivity contribution is -0.137. The molecule has 3 aromatic rings. The third-order valence-corrected chi connectivity index (χ3v) is 4.85. The first-order chi connectivity index (χ1) is 13.2. The Hall–Kier alpha value is -2.88. The van der Waals surface area contributed by atoms with Crippen LogP contribution in [0.25, 0.3) is 16.8 Å². The van der Waals surface area contributed by atoms with Gasteiger partial charge in [-0.05, 0) is 38.0 Å². The van der Waals surface area contributed by atoms with Crippen molar-refractivity contribution in [2.24, 2.45) is 0 Å². The summed E-state index contributed by atoms with van der Waals surface area (Å²) in [4.78, 5) is 4.04. The fourth-order valence-electron chi connectivity index (χ4n) is 3.50. The third-order valence-electron chi connectivity index (χ3n) is 4.85. The number of aromatic nitrogens is 4. The van der Waals surface area contributed by atoms with Crippen LogP contribution in [-0.2, 0) is 6.18 Å². The number of methoxy groups -OCH3 is 1. The third kappa shape index (κ3) is 3.24. The van der Waals surface area contributed by atoms with Crippen LogP contribution in [0.3, 0.4) is 0 Å². The van der Waals surface area contributed by atoms with Gasteiger partial charge in [-0.1, -0.05) is 0 Å². The number of benzene rings is 1. The Kier molecular flexibility index (Phi) is 4.18. The normalized spacial score (nSPS) is 22.1. The van der Waals surface area contributed by atoms with E-state index in [1.807, 2.05) is 0 Å². The average Bonchev–Trinajstić information content (AvgIpc) is 3.09. The number of fused-ring (bicyclic) bond motifs is 1. The molecule has 1 aliphatic rings. The van der Waals surface area contributed by atoms with E-state index >= 15 is 0 Å². The smallest absolute Gasteiger partial charge is 0.417 e. The van der Waals surface area contributed by atoms with E-state index in [0.29, 0.717) is 24.3 Å². The molecule has 0 amide bonds. The molecular weight excluding hydrogens is 375 g/mol. The number of hydrogen-bond acceptors (Lipinski definition) is 6. The number of halogens is 3. The van der Waals surface area contributed by atoms with Crippen LogP contribution in [0.2, 0.25) is 0 Å². The number of imidazole rings is 1. The lowest BCUT2D eigenvalue weighted by Crippen LogP contribution is -2.48. The SMILES string of the molecule is COc1ccc(-c2nnc(NC3CC(C)(O)C3)n3cncc23)c(C(F)(F)F)c1. The van der Waals surface area contributed by atoms with E-state index in [4.69, 9.17) is 4.74 Å². The first-order valence-electron chi connectivity index (χ1n) is 8.61. The van der Waals surface area contributed by atoms with Crippen molar-refractivity contribution in [2.45, 2.75) is 37.6 Å². The highest BCUT2D eigenvalue weighted by molar-refractivity contribution is 5.79. The Labute approximate surface area is 158 Å². The summed E-state index contributed by atoms with van der Waals surface area (Å²) in [5.41, 5.74) is -1.23. The van der Waals surface area contributed by atoms with E-state index in [1.165, 1.54) is 31.8 Å². The van der Waals surface area contributed by atoms with Crippen molar-refractivity contribution in [2.75, 3.05) is 12.4 Å². The van der Waals surface area contributed by atoms with Crippen LogP contribution < -0.4 is 10.1 Å². The van der Waals surface area contributed by atoms with Crippen LogP contribution in [-0.4, -0.2) is 43.4 Å². The summed E-state index contributed by atoms with van der Waals surface area (Å²) in [6.07, 6.45) is -0.594. The van der Waals surface area contributed by atoms with Crippen molar-refractivity contribution in [1.29, 1.82) is 0 Å². The summed E-state index contributed by atoms with van der Waals surface area (Å²) in [7, 11) is 1.31. The molecule has 4 rings (SSSR count). The van der Waals surface area contributed by atoms with E-state index in [2.05, 4.69) is 20.5 Å². The maximum absolute atomic E-state index is 13.6. The van der Waals surface area contributed by atoms with Crippen molar-refractivity contribution in [3.63, 3.8) is 0 Å². The summed E-state index contributed by atoms with van der Waals surface area (Å²) in [6, 6.07) is 3.70. The largest absolute Gasteiger partial charge is 0.497 e. The van der Waals surface area contributed by atoms with Gasteiger partial charge in [0.05, 0.1) is 30.0 Å². The fourth-order valence-corrected chi connectivity index (χ4v) is 3.50. The van der Waals surface area contributed by atoms with Crippen LogP contribution in [0.4, 0.5) is 19.1 Å². The molecular formula is C18H18F3N5O2. The number of hydrogen-bond donors (Lipinski definition) is 2. The van der Waals surface area contributed by atoms with Crippen molar-refractivity contribution in [1.82, 2.24) is 19.6 Å². The molecule has 0 aliphatic heterocycles. The molecule has 1 aliphatic carbocycles. The second-order valence-electron chi connectivity index (χ2n) is 7.18. The van der Waals surface area contributed by atoms with Gasteiger partial charge in [-0.25, -0.2) is 4.98 Å². The van der Waals surface area contributed by atoms with Gasteiger partial charge in [-0.3, -0.25) is 4.40 Å². The van der Waals surface area contributed by atoms with Crippen LogP contribution >= 0.6 is 0 Å². The quantitative estimate of drug-likeness (QED) is 0.709. The topological polar surface area (TPSA) is 84.6 Å². The molecule has 0 saturated heterocycles. The van der Waals surface area contributed by atoms with Gasteiger partial charge in [0.15, 0.2) is 0 Å². The van der Waals surface area contributed by atoms with Crippen molar-refractivity contribution in [3.8, 4) is 17.0 Å². The summed E-state index contributed by atoms with van der Waals surface area (Å²) in [5, 5.41) is 21.1. The number of anilines is 1. The molecule has 1 aromatic carbocycles. The second kappa shape index (κ2) is 6.33. The Bertz CT molecular complexity index is 1020. The molecule has 28 heavy (non-hydrogen) atoms. The number of nitrogens with one attached hydrogen (secondary N) is 1. The van der Waals surface area contributed by atoms with Crippen LogP contribution in [0, 0.1) is 0 Å². The molecule has 1 fully saturated rings. The molecule has 1 saturated carbocycles. The molecule has 2 aromatic heterocycles. The van der Waals surface area contributed by atoms with E-state index in [-0.39, 0.29) is 23.0 Å². The average molecular weight is 393 g/mol. The standard InChI is InChI=1S/C18H18F3N5O2/c1-17(27)6-10(7-17)23-16-25-24-15(14-8-22-9-26(14)16)12-4-3-11(28-2)5-13(12)18(19,20)21/h3-5,8-10,27H,6-7H2,1-2H3,(H,23,25). The summed E-state index contributed by atoms with van der Waals surface area (Å²) >= 11 is 0. The van der Waals surface area contributed by atoms with E-state index in [0.717, 1.165) is 6.07 Å². The minimum Gasteiger partial charge on any atom is -0.497 e. The zero-order valence-electron chi connectivity index (χ0n) is 15.2. The van der Waals surface area contributed by atoms with Gasteiger partial charge in [-0.2, -0.15) is 13.2 Å². The van der Waals surface area contributed by atoms with E-state index < -0.39 is 17.3 Å². The molecule has 0 atom stereocenters. The fraction of sp³-hybridized carbons (Fsp3) is 0.389. The van der Waals surface area contributed by atoms with E-state index in [9.17, 15) is 18.3 Å². The Morgan fingerprint density at radius 2 is 2.04 bits per heavy atom. The Morgan fingerprint density at radius 3 is 2.68 bits per heavy atom. The van der Waals surface area contributed by atoms with Crippen molar-refractivity contribution >= 4 is 11.5 Å². The predicted molar refractivity (Wildman–Crippen MR) is 95.0 cm³/mol. The van der Waals surface area contributed by atoms with Crippen molar-refractivity contribution < 1.29 is 23.0 Å². The van der Waals surface area contributed by atoms with Gasteiger partial charge in [0.25, 0.3) is 0 Å². The van der Waals surface area contributed by atoms with Gasteiger partial charge >= 0.3 is 6.18 Å². The van der Waals surface area contributed by atoms with Gasteiger partial charge < -0.3 is 15.2 Å². The lowest BCUT2D eigenvalue weighted by atomic mass is 9.77. The van der Waals surface area contributed by atoms with Gasteiger partial charge in [0.2, 0.25) is 5.95 Å². The molecule has 2 N–H and O–H groups in total. The number of rotatable bonds is 4. The molecule has 2 heterocycles. The number of alkyl halides is 3. The molecule has 10 heteroatoms. The van der Waals surface area contributed by atoms with Crippen LogP contribution in [0.1, 0.15) is 25.3 Å². The minimum absolute atomic E-state index is 0.00692. The van der Waals surface area contributed by atoms with Gasteiger partial charge in [0, 0.05) is 11.6 Å². The Balaban J connectivity index is 1.77. The monoisotopic (exact) mass is 393 g/mol. The highest BCUT2D eigenvalue weighted by Gasteiger charge is 2.39. The number of ether oxygens (including phenoxy) is 1. The minimum atomic E-state index is -4.59. The zero-order valence-corrected chi connectivity index (χ0v) is 15.2. The highest BCUT2D eigenvalue weighted by atomic mass is 19.4. The molecule has 148 valence electrons. The first-order valence-corrected chi connectivity index (χ1v) is 8.61.